The van der Waals surface area contributed by atoms with Gasteiger partial charge in [0.1, 0.15) is 11.4 Å². The molecule has 0 unspecified atom stereocenters. The Bertz CT molecular complexity index is 850. The van der Waals surface area contributed by atoms with E-state index in [-0.39, 0.29) is 17.5 Å². The summed E-state index contributed by atoms with van der Waals surface area (Å²) in [4.78, 5) is 15.7. The Kier molecular flexibility index (Phi) is 3.46. The fourth-order valence-electron chi connectivity index (χ4n) is 2.14. The summed E-state index contributed by atoms with van der Waals surface area (Å²) < 4.78 is 3.04. The van der Waals surface area contributed by atoms with Gasteiger partial charge >= 0.3 is 5.69 Å². The van der Waals surface area contributed by atoms with E-state index >= 15 is 0 Å². The Balaban J connectivity index is 2.07. The zero-order chi connectivity index (χ0) is 15.7. The number of nitrogens with two attached hydrogens (primary N) is 1. The second kappa shape index (κ2) is 5.44. The van der Waals surface area contributed by atoms with Crippen molar-refractivity contribution in [2.75, 3.05) is 5.73 Å². The van der Waals surface area contributed by atoms with Gasteiger partial charge in [0.05, 0.1) is 6.20 Å². The number of benzene rings is 1. The van der Waals surface area contributed by atoms with Crippen LogP contribution in [0.4, 0.5) is 5.82 Å². The lowest BCUT2D eigenvalue weighted by Gasteiger charge is -2.11. The highest BCUT2D eigenvalue weighted by atomic mass is 16.1. The molecule has 0 saturated carbocycles. The lowest BCUT2D eigenvalue weighted by atomic mass is 10.2. The maximum absolute atomic E-state index is 11.8. The number of nitrogen functional groups attached to an aromatic ring is 1. The molecule has 7 nitrogen and oxygen atoms in total. The normalized spacial score (nSPS) is 11.0. The molecule has 0 atom stereocenters. The predicted octanol–water partition coefficient (Wildman–Crippen LogP) is 1.65. The van der Waals surface area contributed by atoms with E-state index in [9.17, 15) is 4.79 Å². The van der Waals surface area contributed by atoms with Crippen LogP contribution in [0.5, 0.6) is 0 Å². The highest BCUT2D eigenvalue weighted by Crippen LogP contribution is 2.19. The summed E-state index contributed by atoms with van der Waals surface area (Å²) in [6, 6.07) is 9.69. The van der Waals surface area contributed by atoms with Crippen LogP contribution >= 0.6 is 0 Å². The van der Waals surface area contributed by atoms with E-state index < -0.39 is 0 Å². The largest absolute Gasteiger partial charge is 0.382 e. The third kappa shape index (κ3) is 2.48. The molecule has 3 rings (SSSR count). The number of aromatic nitrogens is 5. The van der Waals surface area contributed by atoms with Gasteiger partial charge in [-0.25, -0.2) is 9.48 Å². The van der Waals surface area contributed by atoms with Crippen molar-refractivity contribution < 1.29 is 0 Å². The minimum atomic E-state index is -0.375. The van der Waals surface area contributed by atoms with Crippen LogP contribution in [0.15, 0.2) is 47.5 Å². The number of anilines is 1. The van der Waals surface area contributed by atoms with Crippen LogP contribution in [-0.4, -0.2) is 24.5 Å². The summed E-state index contributed by atoms with van der Waals surface area (Å²) in [6.45, 7) is 3.81. The molecule has 0 radical (unpaired) electrons. The van der Waals surface area contributed by atoms with Gasteiger partial charge in [-0.2, -0.15) is 4.98 Å². The molecule has 1 aromatic carbocycles. The average molecular weight is 296 g/mol. The Morgan fingerprint density at radius 2 is 1.86 bits per heavy atom. The molecular weight excluding hydrogens is 280 g/mol. The first-order valence-electron chi connectivity index (χ1n) is 6.93. The van der Waals surface area contributed by atoms with Crippen molar-refractivity contribution in [2.45, 2.75) is 19.9 Å². The highest BCUT2D eigenvalue weighted by Gasteiger charge is 2.12. The molecule has 0 spiro atoms. The summed E-state index contributed by atoms with van der Waals surface area (Å²) in [7, 11) is 0. The molecule has 3 aromatic rings. The van der Waals surface area contributed by atoms with E-state index in [2.05, 4.69) is 15.3 Å². The summed E-state index contributed by atoms with van der Waals surface area (Å²) in [5, 5.41) is 8.23. The second-order valence-electron chi connectivity index (χ2n) is 5.21. The van der Waals surface area contributed by atoms with Crippen molar-refractivity contribution in [1.82, 2.24) is 24.5 Å². The van der Waals surface area contributed by atoms with Crippen LogP contribution in [0.1, 0.15) is 19.9 Å². The van der Waals surface area contributed by atoms with E-state index in [4.69, 9.17) is 5.73 Å². The van der Waals surface area contributed by atoms with Gasteiger partial charge in [-0.05, 0) is 13.8 Å². The second-order valence-corrected chi connectivity index (χ2v) is 5.21. The van der Waals surface area contributed by atoms with Crippen LogP contribution in [0, 0.1) is 0 Å². The van der Waals surface area contributed by atoms with Crippen molar-refractivity contribution in [3.05, 3.63) is 53.2 Å². The zero-order valence-electron chi connectivity index (χ0n) is 12.3. The van der Waals surface area contributed by atoms with Crippen LogP contribution in [0.2, 0.25) is 0 Å². The monoisotopic (exact) mass is 296 g/mol. The molecular formula is C15H16N6O. The van der Waals surface area contributed by atoms with Crippen molar-refractivity contribution in [2.24, 2.45) is 0 Å². The molecule has 2 N–H and O–H groups in total. The van der Waals surface area contributed by atoms with Crippen LogP contribution in [-0.2, 0) is 0 Å². The quantitative estimate of drug-likeness (QED) is 0.793. The molecule has 112 valence electrons. The molecule has 2 heterocycles. The fraction of sp³-hybridized carbons (Fsp3) is 0.200. The Labute approximate surface area is 127 Å². The number of nitrogens with zero attached hydrogens (tertiary/aromatic N) is 5. The van der Waals surface area contributed by atoms with Crippen molar-refractivity contribution >= 4 is 5.82 Å². The smallest absolute Gasteiger partial charge is 0.349 e. The molecule has 0 saturated heterocycles. The first-order chi connectivity index (χ1) is 10.6. The molecule has 0 aliphatic carbocycles. The van der Waals surface area contributed by atoms with E-state index in [1.165, 1.54) is 9.25 Å². The van der Waals surface area contributed by atoms with Crippen LogP contribution in [0.25, 0.3) is 16.9 Å². The van der Waals surface area contributed by atoms with E-state index in [1.807, 2.05) is 44.2 Å². The van der Waals surface area contributed by atoms with Gasteiger partial charge in [-0.1, -0.05) is 35.5 Å². The first kappa shape index (κ1) is 14.0. The average Bonchev–Trinajstić information content (AvgIpc) is 2.97. The van der Waals surface area contributed by atoms with E-state index in [1.54, 1.807) is 12.4 Å². The lowest BCUT2D eigenvalue weighted by Crippen LogP contribution is -2.26. The van der Waals surface area contributed by atoms with E-state index in [0.29, 0.717) is 5.69 Å². The predicted molar refractivity (Wildman–Crippen MR) is 83.6 cm³/mol. The van der Waals surface area contributed by atoms with E-state index in [0.717, 1.165) is 11.3 Å². The number of hydrogen-bond donors (Lipinski definition) is 1. The minimum absolute atomic E-state index is 0.0172. The molecule has 0 bridgehead atoms. The topological polar surface area (TPSA) is 91.6 Å². The summed E-state index contributed by atoms with van der Waals surface area (Å²) >= 11 is 0. The van der Waals surface area contributed by atoms with Gasteiger partial charge in [0.15, 0.2) is 5.82 Å². The molecule has 7 heteroatoms. The minimum Gasteiger partial charge on any atom is -0.382 e. The fourth-order valence-corrected chi connectivity index (χ4v) is 2.14. The standard InChI is InChI=1S/C15H16N6O/c1-10(2)20-9-13(14(16)17-15(20)22)21-8-12(18-19-21)11-6-4-3-5-7-11/h3-10H,1-2H3,(H2,16,17,22). The van der Waals surface area contributed by atoms with Gasteiger partial charge in [0.2, 0.25) is 0 Å². The molecule has 22 heavy (non-hydrogen) atoms. The maximum atomic E-state index is 11.8. The van der Waals surface area contributed by atoms with Crippen molar-refractivity contribution in [3.63, 3.8) is 0 Å². The van der Waals surface area contributed by atoms with Crippen LogP contribution < -0.4 is 11.4 Å². The summed E-state index contributed by atoms with van der Waals surface area (Å²) in [6.07, 6.45) is 3.41. The number of rotatable bonds is 3. The first-order valence-corrected chi connectivity index (χ1v) is 6.93. The third-order valence-corrected chi connectivity index (χ3v) is 3.33. The Morgan fingerprint density at radius 3 is 2.55 bits per heavy atom. The number of hydrogen-bond acceptors (Lipinski definition) is 5. The lowest BCUT2D eigenvalue weighted by molar-refractivity contribution is 0.560. The maximum Gasteiger partial charge on any atom is 0.349 e. The Hall–Kier alpha value is -2.96. The highest BCUT2D eigenvalue weighted by molar-refractivity contribution is 5.59. The van der Waals surface area contributed by atoms with Gasteiger partial charge < -0.3 is 5.73 Å². The SMILES string of the molecule is CC(C)n1cc(-n2cc(-c3ccccc3)nn2)c(N)nc1=O. The van der Waals surface area contributed by atoms with Gasteiger partial charge in [-0.3, -0.25) is 4.57 Å². The van der Waals surface area contributed by atoms with Crippen LogP contribution in [0.3, 0.4) is 0 Å². The summed E-state index contributed by atoms with van der Waals surface area (Å²) in [5.74, 6) is 0.131. The molecule has 0 fully saturated rings. The van der Waals surface area contributed by atoms with Gasteiger partial charge in [0, 0.05) is 17.8 Å². The molecule has 0 amide bonds. The zero-order valence-corrected chi connectivity index (χ0v) is 12.3. The molecule has 0 aliphatic rings. The third-order valence-electron chi connectivity index (χ3n) is 3.33. The molecule has 0 aliphatic heterocycles. The molecule has 2 aromatic heterocycles. The van der Waals surface area contributed by atoms with Gasteiger partial charge in [-0.15, -0.1) is 5.10 Å². The van der Waals surface area contributed by atoms with Gasteiger partial charge in [0.25, 0.3) is 0 Å². The Morgan fingerprint density at radius 1 is 1.14 bits per heavy atom. The summed E-state index contributed by atoms with van der Waals surface area (Å²) in [5.41, 5.74) is 7.69. The van der Waals surface area contributed by atoms with Crippen molar-refractivity contribution in [1.29, 1.82) is 0 Å². The van der Waals surface area contributed by atoms with Crippen molar-refractivity contribution in [3.8, 4) is 16.9 Å².